The molecule has 0 saturated carbocycles. The van der Waals surface area contributed by atoms with Crippen LogP contribution in [-0.2, 0) is 9.53 Å². The van der Waals surface area contributed by atoms with Gasteiger partial charge in [-0.3, -0.25) is 4.79 Å². The van der Waals surface area contributed by atoms with Crippen molar-refractivity contribution in [1.82, 2.24) is 5.32 Å². The van der Waals surface area contributed by atoms with Crippen LogP contribution >= 0.6 is 11.3 Å². The summed E-state index contributed by atoms with van der Waals surface area (Å²) in [5.74, 6) is -0.0289. The minimum atomic E-state index is -0.590. The highest BCUT2D eigenvalue weighted by Crippen LogP contribution is 2.18. The van der Waals surface area contributed by atoms with E-state index in [-0.39, 0.29) is 5.78 Å². The van der Waals surface area contributed by atoms with Gasteiger partial charge < -0.3 is 10.1 Å². The molecule has 0 unspecified atom stereocenters. The third-order valence-corrected chi connectivity index (χ3v) is 2.70. The number of hydrogen-bond acceptors (Lipinski definition) is 4. The van der Waals surface area contributed by atoms with Crippen molar-refractivity contribution in [1.29, 1.82) is 0 Å². The van der Waals surface area contributed by atoms with E-state index in [9.17, 15) is 9.59 Å². The number of methoxy groups -OCH3 is 1. The molecule has 1 aromatic heterocycles. The van der Waals surface area contributed by atoms with Crippen LogP contribution in [0.25, 0.3) is 0 Å². The summed E-state index contributed by atoms with van der Waals surface area (Å²) >= 11 is 1.49. The molecule has 15 heavy (non-hydrogen) atoms. The van der Waals surface area contributed by atoms with Gasteiger partial charge in [-0.1, -0.05) is 6.92 Å². The molecule has 1 heterocycles. The van der Waals surface area contributed by atoms with Crippen molar-refractivity contribution in [3.05, 3.63) is 22.4 Å². The normalized spacial score (nSPS) is 11.9. The van der Waals surface area contributed by atoms with E-state index < -0.39 is 12.1 Å². The monoisotopic (exact) mass is 227 g/mol. The number of ketones is 1. The van der Waals surface area contributed by atoms with Crippen molar-refractivity contribution in [3.63, 3.8) is 0 Å². The Morgan fingerprint density at radius 2 is 2.33 bits per heavy atom. The van der Waals surface area contributed by atoms with Crippen molar-refractivity contribution in [2.75, 3.05) is 7.11 Å². The van der Waals surface area contributed by atoms with Crippen LogP contribution in [0.4, 0.5) is 4.79 Å². The van der Waals surface area contributed by atoms with E-state index in [1.807, 2.05) is 16.8 Å². The van der Waals surface area contributed by atoms with Gasteiger partial charge in [0.2, 0.25) is 0 Å². The topological polar surface area (TPSA) is 55.4 Å². The Kier molecular flexibility index (Phi) is 4.30. The summed E-state index contributed by atoms with van der Waals surface area (Å²) in [6, 6.07) is 1.23. The van der Waals surface area contributed by atoms with Crippen LogP contribution in [0, 0.1) is 0 Å². The molecule has 0 fully saturated rings. The average Bonchev–Trinajstić information content (AvgIpc) is 2.77. The summed E-state index contributed by atoms with van der Waals surface area (Å²) < 4.78 is 4.47. The van der Waals surface area contributed by atoms with E-state index in [0.717, 1.165) is 5.56 Å². The molecule has 4 nitrogen and oxygen atoms in total. The minimum absolute atomic E-state index is 0.0289. The predicted molar refractivity (Wildman–Crippen MR) is 57.9 cm³/mol. The fourth-order valence-corrected chi connectivity index (χ4v) is 1.86. The standard InChI is InChI=1S/C10H13NO3S/c1-3-8(12)9(11-10(13)14-2)7-4-5-15-6-7/h4-6,9H,3H2,1-2H3,(H,11,13)/t9-/m1/s1. The number of rotatable bonds is 4. The lowest BCUT2D eigenvalue weighted by Gasteiger charge is -2.14. The number of ether oxygens (including phenoxy) is 1. The Morgan fingerprint density at radius 1 is 1.60 bits per heavy atom. The third-order valence-electron chi connectivity index (χ3n) is 1.99. The van der Waals surface area contributed by atoms with Crippen molar-refractivity contribution >= 4 is 23.2 Å². The largest absolute Gasteiger partial charge is 0.453 e. The second kappa shape index (κ2) is 5.50. The number of nitrogens with one attached hydrogen (secondary N) is 1. The van der Waals surface area contributed by atoms with Crippen molar-refractivity contribution < 1.29 is 14.3 Å². The molecule has 1 rings (SSSR count). The maximum atomic E-state index is 11.6. The van der Waals surface area contributed by atoms with E-state index >= 15 is 0 Å². The Bertz CT molecular complexity index is 334. The fourth-order valence-electron chi connectivity index (χ4n) is 1.17. The highest BCUT2D eigenvalue weighted by atomic mass is 32.1. The first kappa shape index (κ1) is 11.7. The van der Waals surface area contributed by atoms with Crippen LogP contribution in [0.2, 0.25) is 0 Å². The molecule has 1 N–H and O–H groups in total. The first-order chi connectivity index (χ1) is 7.19. The van der Waals surface area contributed by atoms with Crippen LogP contribution in [0.3, 0.4) is 0 Å². The zero-order valence-corrected chi connectivity index (χ0v) is 9.47. The van der Waals surface area contributed by atoms with Crippen molar-refractivity contribution in [2.45, 2.75) is 19.4 Å². The molecule has 82 valence electrons. The second-order valence-corrected chi connectivity index (χ2v) is 3.73. The summed E-state index contributed by atoms with van der Waals surface area (Å²) in [6.45, 7) is 1.76. The summed E-state index contributed by atoms with van der Waals surface area (Å²) in [6.07, 6.45) is -0.210. The fraction of sp³-hybridized carbons (Fsp3) is 0.400. The van der Waals surface area contributed by atoms with Crippen LogP contribution in [0.15, 0.2) is 16.8 Å². The average molecular weight is 227 g/mol. The second-order valence-electron chi connectivity index (χ2n) is 2.95. The van der Waals surface area contributed by atoms with Crippen LogP contribution in [-0.4, -0.2) is 19.0 Å². The first-order valence-corrected chi connectivity index (χ1v) is 5.52. The van der Waals surface area contributed by atoms with Gasteiger partial charge in [-0.25, -0.2) is 4.79 Å². The number of amides is 1. The van der Waals surface area contributed by atoms with Gasteiger partial charge in [0.05, 0.1) is 7.11 Å². The molecule has 0 aliphatic carbocycles. The zero-order chi connectivity index (χ0) is 11.3. The summed E-state index contributed by atoms with van der Waals surface area (Å²) in [5.41, 5.74) is 0.803. The lowest BCUT2D eigenvalue weighted by Crippen LogP contribution is -2.33. The molecule has 0 bridgehead atoms. The molecule has 0 aliphatic rings. The number of Topliss-reactive ketones (excluding diaryl/α,β-unsaturated/α-hetero) is 1. The summed E-state index contributed by atoms with van der Waals surface area (Å²) in [4.78, 5) is 22.7. The molecular weight excluding hydrogens is 214 g/mol. The van der Waals surface area contributed by atoms with E-state index in [1.165, 1.54) is 18.4 Å². The minimum Gasteiger partial charge on any atom is -0.453 e. The van der Waals surface area contributed by atoms with E-state index in [1.54, 1.807) is 6.92 Å². The Labute approximate surface area is 92.2 Å². The Morgan fingerprint density at radius 3 is 2.80 bits per heavy atom. The number of alkyl carbamates (subject to hydrolysis) is 1. The quantitative estimate of drug-likeness (QED) is 0.857. The predicted octanol–water partition coefficient (Wildman–Crippen LogP) is 2.12. The number of hydrogen-bond donors (Lipinski definition) is 1. The molecule has 5 heteroatoms. The smallest absolute Gasteiger partial charge is 0.407 e. The van der Waals surface area contributed by atoms with Gasteiger partial charge in [0.25, 0.3) is 0 Å². The molecule has 0 radical (unpaired) electrons. The molecule has 0 aromatic carbocycles. The highest BCUT2D eigenvalue weighted by molar-refractivity contribution is 7.08. The van der Waals surface area contributed by atoms with Gasteiger partial charge in [0, 0.05) is 6.42 Å². The van der Waals surface area contributed by atoms with Gasteiger partial charge >= 0.3 is 6.09 Å². The number of carbonyl (C=O) groups is 2. The SMILES string of the molecule is CCC(=O)[C@H](NC(=O)OC)c1ccsc1. The zero-order valence-electron chi connectivity index (χ0n) is 8.65. The summed E-state index contributed by atoms with van der Waals surface area (Å²) in [7, 11) is 1.27. The molecule has 1 amide bonds. The third kappa shape index (κ3) is 3.06. The molecule has 0 saturated heterocycles. The van der Waals surface area contributed by atoms with Crippen LogP contribution < -0.4 is 5.32 Å². The van der Waals surface area contributed by atoms with E-state index in [0.29, 0.717) is 6.42 Å². The molecule has 1 aromatic rings. The summed E-state index contributed by atoms with van der Waals surface area (Å²) in [5, 5.41) is 6.22. The lowest BCUT2D eigenvalue weighted by atomic mass is 10.0. The van der Waals surface area contributed by atoms with Crippen LogP contribution in [0.5, 0.6) is 0 Å². The van der Waals surface area contributed by atoms with E-state index in [4.69, 9.17) is 0 Å². The van der Waals surface area contributed by atoms with Crippen molar-refractivity contribution in [2.24, 2.45) is 0 Å². The van der Waals surface area contributed by atoms with Gasteiger partial charge in [-0.05, 0) is 22.4 Å². The molecule has 0 spiro atoms. The maximum absolute atomic E-state index is 11.6. The number of carbonyl (C=O) groups excluding carboxylic acids is 2. The molecule has 0 aliphatic heterocycles. The van der Waals surface area contributed by atoms with Crippen LogP contribution in [0.1, 0.15) is 24.9 Å². The Hall–Kier alpha value is -1.36. The van der Waals surface area contributed by atoms with Gasteiger partial charge in [0.1, 0.15) is 6.04 Å². The highest BCUT2D eigenvalue weighted by Gasteiger charge is 2.21. The van der Waals surface area contributed by atoms with E-state index in [2.05, 4.69) is 10.1 Å². The van der Waals surface area contributed by atoms with Crippen molar-refractivity contribution in [3.8, 4) is 0 Å². The first-order valence-electron chi connectivity index (χ1n) is 4.58. The van der Waals surface area contributed by atoms with Gasteiger partial charge in [-0.15, -0.1) is 0 Å². The molecular formula is C10H13NO3S. The number of thiophene rings is 1. The Balaban J connectivity index is 2.79. The molecule has 1 atom stereocenters. The van der Waals surface area contributed by atoms with Gasteiger partial charge in [-0.2, -0.15) is 11.3 Å². The maximum Gasteiger partial charge on any atom is 0.407 e. The van der Waals surface area contributed by atoms with Gasteiger partial charge in [0.15, 0.2) is 5.78 Å². The lowest BCUT2D eigenvalue weighted by molar-refractivity contribution is -0.120.